The molecule has 1 aliphatic heterocycles. The first-order valence-corrected chi connectivity index (χ1v) is 12.0. The zero-order valence-electron chi connectivity index (χ0n) is 18.8. The van der Waals surface area contributed by atoms with Gasteiger partial charge in [-0.05, 0) is 49.8 Å². The first-order chi connectivity index (χ1) is 15.9. The fourth-order valence-electron chi connectivity index (χ4n) is 4.35. The number of hydrogen-bond donors (Lipinski definition) is 2. The van der Waals surface area contributed by atoms with Gasteiger partial charge in [0.1, 0.15) is 5.82 Å². The van der Waals surface area contributed by atoms with Crippen molar-refractivity contribution >= 4 is 42.9 Å². The lowest BCUT2D eigenvalue weighted by molar-refractivity contribution is -0.137. The minimum atomic E-state index is -0.804. The van der Waals surface area contributed by atoms with E-state index in [9.17, 15) is 14.0 Å². The van der Waals surface area contributed by atoms with E-state index in [-0.39, 0.29) is 41.6 Å². The molecule has 1 aromatic carbocycles. The first-order valence-electron chi connectivity index (χ1n) is 11.4. The number of ketones is 1. The predicted molar refractivity (Wildman–Crippen MR) is 133 cm³/mol. The van der Waals surface area contributed by atoms with Gasteiger partial charge in [0.05, 0.1) is 17.9 Å². The number of carboxylic acid groups (broad SMARTS) is 1. The lowest BCUT2D eigenvalue weighted by Gasteiger charge is -2.37. The minimum Gasteiger partial charge on any atom is -0.481 e. The quantitative estimate of drug-likeness (QED) is 0.369. The number of benzene rings is 1. The van der Waals surface area contributed by atoms with Gasteiger partial charge in [-0.15, -0.1) is 17.5 Å². The minimum absolute atomic E-state index is 0. The Kier molecular flexibility index (Phi) is 9.27. The van der Waals surface area contributed by atoms with Crippen LogP contribution in [0, 0.1) is 11.7 Å². The summed E-state index contributed by atoms with van der Waals surface area (Å²) in [7, 11) is 0. The van der Waals surface area contributed by atoms with Crippen molar-refractivity contribution in [3.05, 3.63) is 53.1 Å². The molecular weight excluding hydrogens is 479 g/mol. The summed E-state index contributed by atoms with van der Waals surface area (Å²) in [4.78, 5) is 26.0. The molecule has 7 nitrogen and oxygen atoms in total. The first kappa shape index (κ1) is 26.4. The number of carbonyl (C=O) groups excluding carboxylic acids is 1. The number of nitrogens with zero attached hydrogens (tertiary/aromatic N) is 4. The van der Waals surface area contributed by atoms with E-state index in [1.165, 1.54) is 6.07 Å². The van der Waals surface area contributed by atoms with Crippen LogP contribution in [0.15, 0.2) is 36.0 Å². The molecular formula is C24H30ClFN4O3S. The smallest absolute Gasteiger partial charge is 0.303 e. The van der Waals surface area contributed by atoms with Gasteiger partial charge in [-0.3, -0.25) is 14.5 Å². The molecule has 184 valence electrons. The Morgan fingerprint density at radius 3 is 2.71 bits per heavy atom. The summed E-state index contributed by atoms with van der Waals surface area (Å²) in [5.74, 6) is -1.03. The molecule has 1 aliphatic carbocycles. The number of carbonyl (C=O) groups is 2. The van der Waals surface area contributed by atoms with Gasteiger partial charge in [-0.1, -0.05) is 23.4 Å². The fourth-order valence-corrected chi connectivity index (χ4v) is 4.62. The van der Waals surface area contributed by atoms with Crippen molar-refractivity contribution in [3.8, 4) is 0 Å². The van der Waals surface area contributed by atoms with Crippen LogP contribution < -0.4 is 0 Å². The molecule has 1 aromatic heterocycles. The molecule has 2 aromatic rings. The van der Waals surface area contributed by atoms with E-state index in [1.807, 2.05) is 6.08 Å². The predicted octanol–water partition coefficient (Wildman–Crippen LogP) is 4.20. The van der Waals surface area contributed by atoms with Crippen molar-refractivity contribution in [2.75, 3.05) is 13.1 Å². The normalized spacial score (nSPS) is 20.6. The number of piperidine rings is 1. The summed E-state index contributed by atoms with van der Waals surface area (Å²) in [5.41, 5.74) is 2.29. The highest BCUT2D eigenvalue weighted by Gasteiger charge is 2.40. The molecule has 0 amide bonds. The third-order valence-corrected chi connectivity index (χ3v) is 6.90. The van der Waals surface area contributed by atoms with Gasteiger partial charge in [0, 0.05) is 42.8 Å². The number of thiol groups is 1. The van der Waals surface area contributed by atoms with Crippen LogP contribution in [0.5, 0.6) is 0 Å². The Bertz CT molecular complexity index is 1040. The average Bonchev–Trinajstić information content (AvgIpc) is 3.55. The number of aliphatic carboxylic acids is 1. The topological polar surface area (TPSA) is 88.3 Å². The Morgan fingerprint density at radius 1 is 1.24 bits per heavy atom. The molecule has 1 N–H and O–H groups in total. The Labute approximate surface area is 210 Å². The van der Waals surface area contributed by atoms with E-state index in [2.05, 4.69) is 15.2 Å². The van der Waals surface area contributed by atoms with Crippen molar-refractivity contribution < 1.29 is 19.1 Å². The molecule has 2 unspecified atom stereocenters. The molecule has 0 spiro atoms. The highest BCUT2D eigenvalue weighted by molar-refractivity contribution is 7.81. The fraction of sp³-hybridized carbons (Fsp3) is 0.500. The molecule has 0 radical (unpaired) electrons. The van der Waals surface area contributed by atoms with Gasteiger partial charge in [-0.25, -0.2) is 9.07 Å². The van der Waals surface area contributed by atoms with E-state index >= 15 is 0 Å². The lowest BCUT2D eigenvalue weighted by Crippen LogP contribution is -2.42. The van der Waals surface area contributed by atoms with Crippen molar-refractivity contribution in [2.24, 2.45) is 5.92 Å². The highest BCUT2D eigenvalue weighted by atomic mass is 35.5. The van der Waals surface area contributed by atoms with E-state index in [4.69, 9.17) is 17.7 Å². The second kappa shape index (κ2) is 12.0. The third-order valence-electron chi connectivity index (χ3n) is 6.31. The van der Waals surface area contributed by atoms with E-state index in [0.29, 0.717) is 38.0 Å². The number of unbranched alkanes of at least 4 members (excludes halogenated alkanes) is 1. The zero-order valence-corrected chi connectivity index (χ0v) is 20.6. The van der Waals surface area contributed by atoms with Crippen LogP contribution in [-0.2, 0) is 16.1 Å². The second-order valence-corrected chi connectivity index (χ2v) is 9.45. The van der Waals surface area contributed by atoms with E-state index < -0.39 is 12.0 Å². The number of Topliss-reactive ketones (excluding diaryl/α,β-unsaturated/α-hetero) is 1. The van der Waals surface area contributed by atoms with Crippen LogP contribution in [0.1, 0.15) is 55.8 Å². The molecule has 34 heavy (non-hydrogen) atoms. The molecule has 2 heterocycles. The third kappa shape index (κ3) is 6.46. The van der Waals surface area contributed by atoms with Crippen LogP contribution in [0.2, 0.25) is 0 Å². The Morgan fingerprint density at radius 2 is 2.00 bits per heavy atom. The summed E-state index contributed by atoms with van der Waals surface area (Å²) in [6.45, 7) is 1.75. The van der Waals surface area contributed by atoms with Crippen LogP contribution in [0.25, 0.3) is 6.08 Å². The maximum atomic E-state index is 14.7. The van der Waals surface area contributed by atoms with Crippen molar-refractivity contribution in [1.29, 1.82) is 0 Å². The van der Waals surface area contributed by atoms with Crippen LogP contribution in [-0.4, -0.2) is 55.1 Å². The maximum Gasteiger partial charge on any atom is 0.303 e. The van der Waals surface area contributed by atoms with E-state index in [0.717, 1.165) is 30.5 Å². The summed E-state index contributed by atoms with van der Waals surface area (Å²) in [6.07, 6.45) is 7.57. The molecule has 10 heteroatoms. The Hall–Kier alpha value is -2.23. The number of aryl methyl sites for hydroxylation is 1. The SMILES string of the molecule is Cl.O=C(O)CCCCn1nncc1C=C1CN(C(C(=O)C2CC2)c2ccccc2F)CCC1S. The van der Waals surface area contributed by atoms with Gasteiger partial charge in [0.25, 0.3) is 0 Å². The molecule has 2 fully saturated rings. The number of likely N-dealkylation sites (tertiary alicyclic amines) is 1. The standard InChI is InChI=1S/C24H29FN4O3S.ClH/c25-20-6-2-1-5-19(20)23(24(32)16-8-9-16)28-12-10-21(33)17(15-28)13-18-14-26-27-29(18)11-4-3-7-22(30)31;/h1-2,5-6,13-14,16,21,23,33H,3-4,7-12,15H2,(H,30,31);1H. The second-order valence-electron chi connectivity index (χ2n) is 8.83. The molecule has 2 atom stereocenters. The molecule has 0 bridgehead atoms. The Balaban J connectivity index is 0.00000324. The van der Waals surface area contributed by atoms with Gasteiger partial charge in [0.15, 0.2) is 5.78 Å². The summed E-state index contributed by atoms with van der Waals surface area (Å²) < 4.78 is 16.5. The monoisotopic (exact) mass is 508 g/mol. The molecule has 1 saturated heterocycles. The molecule has 1 saturated carbocycles. The number of hydrogen-bond acceptors (Lipinski definition) is 6. The number of carboxylic acids is 1. The van der Waals surface area contributed by atoms with Gasteiger partial charge in [-0.2, -0.15) is 12.6 Å². The molecule has 2 aliphatic rings. The summed E-state index contributed by atoms with van der Waals surface area (Å²) >= 11 is 4.76. The maximum absolute atomic E-state index is 14.7. The summed E-state index contributed by atoms with van der Waals surface area (Å²) in [5, 5.41) is 17.0. The van der Waals surface area contributed by atoms with Gasteiger partial charge < -0.3 is 5.11 Å². The lowest BCUT2D eigenvalue weighted by atomic mass is 9.93. The largest absolute Gasteiger partial charge is 0.481 e. The van der Waals surface area contributed by atoms with Crippen molar-refractivity contribution in [1.82, 2.24) is 19.9 Å². The highest BCUT2D eigenvalue weighted by Crippen LogP contribution is 2.39. The van der Waals surface area contributed by atoms with Gasteiger partial charge in [0.2, 0.25) is 0 Å². The summed E-state index contributed by atoms with van der Waals surface area (Å²) in [6, 6.07) is 5.96. The number of aromatic nitrogens is 3. The number of rotatable bonds is 10. The van der Waals surface area contributed by atoms with Crippen LogP contribution in [0.4, 0.5) is 4.39 Å². The van der Waals surface area contributed by atoms with E-state index in [1.54, 1.807) is 29.1 Å². The number of halogens is 2. The van der Waals surface area contributed by atoms with Crippen molar-refractivity contribution in [2.45, 2.75) is 56.4 Å². The van der Waals surface area contributed by atoms with Gasteiger partial charge >= 0.3 is 5.97 Å². The zero-order chi connectivity index (χ0) is 23.4. The average molecular weight is 509 g/mol. The van der Waals surface area contributed by atoms with Crippen LogP contribution >= 0.6 is 25.0 Å². The van der Waals surface area contributed by atoms with Crippen molar-refractivity contribution in [3.63, 3.8) is 0 Å². The van der Waals surface area contributed by atoms with Crippen LogP contribution in [0.3, 0.4) is 0 Å². The molecule has 4 rings (SSSR count).